The number of nitrogens with two attached hydrogens (primary N) is 1. The third-order valence-electron chi connectivity index (χ3n) is 4.46. The maximum Gasteiger partial charge on any atom is 0.0764 e. The normalized spacial score (nSPS) is 21.0. The molecule has 1 aromatic heterocycles. The van der Waals surface area contributed by atoms with Crippen LogP contribution < -0.4 is 5.73 Å². The van der Waals surface area contributed by atoms with Crippen LogP contribution in [0.3, 0.4) is 0 Å². The van der Waals surface area contributed by atoms with Crippen molar-refractivity contribution in [2.45, 2.75) is 45.8 Å². The molecule has 0 amide bonds. The summed E-state index contributed by atoms with van der Waals surface area (Å²) in [5.41, 5.74) is 6.92. The summed E-state index contributed by atoms with van der Waals surface area (Å²) in [6, 6.07) is 3.15. The fourth-order valence-corrected chi connectivity index (χ4v) is 2.63. The Bertz CT molecular complexity index is 395. The first kappa shape index (κ1) is 15.5. The first-order chi connectivity index (χ1) is 9.63. The molecule has 2 N–H and O–H groups in total. The van der Waals surface area contributed by atoms with E-state index in [0.29, 0.717) is 12.1 Å². The summed E-state index contributed by atoms with van der Waals surface area (Å²) in [5, 5.41) is 4.69. The first-order valence-electron chi connectivity index (χ1n) is 7.84. The number of nitrogens with zero attached hydrogens (tertiary/aromatic N) is 4. The average Bonchev–Trinajstić information content (AvgIpc) is 2.95. The Morgan fingerprint density at radius 1 is 1.20 bits per heavy atom. The maximum atomic E-state index is 5.74. The van der Waals surface area contributed by atoms with Crippen molar-refractivity contribution < 1.29 is 0 Å². The van der Waals surface area contributed by atoms with Crippen molar-refractivity contribution >= 4 is 0 Å². The quantitative estimate of drug-likeness (QED) is 0.853. The lowest BCUT2D eigenvalue weighted by Gasteiger charge is -2.37. The molecule has 1 aliphatic heterocycles. The average molecular weight is 279 g/mol. The number of rotatable bonds is 6. The van der Waals surface area contributed by atoms with Gasteiger partial charge in [0.15, 0.2) is 0 Å². The molecule has 0 radical (unpaired) electrons. The van der Waals surface area contributed by atoms with Gasteiger partial charge in [0.2, 0.25) is 0 Å². The van der Waals surface area contributed by atoms with Crippen LogP contribution in [0.15, 0.2) is 12.3 Å². The summed E-state index contributed by atoms with van der Waals surface area (Å²) >= 11 is 0. The minimum Gasteiger partial charge on any atom is -0.329 e. The van der Waals surface area contributed by atoms with E-state index in [-0.39, 0.29) is 0 Å². The molecule has 0 aromatic carbocycles. The summed E-state index contributed by atoms with van der Waals surface area (Å²) in [5.74, 6) is 0. The first-order valence-corrected chi connectivity index (χ1v) is 7.84. The minimum atomic E-state index is 0.492. The zero-order valence-corrected chi connectivity index (χ0v) is 13.1. The smallest absolute Gasteiger partial charge is 0.0764 e. The standard InChI is InChI=1S/C15H29N5/c1-4-13(2)20-6-5-15(17-20)12-18-7-9-19(10-8-18)14(3)11-16/h5-6,13-14H,4,7-12,16H2,1-3H3. The summed E-state index contributed by atoms with van der Waals surface area (Å²) in [6.45, 7) is 12.8. The molecule has 2 heterocycles. The van der Waals surface area contributed by atoms with Crippen molar-refractivity contribution in [3.8, 4) is 0 Å². The summed E-state index contributed by atoms with van der Waals surface area (Å²) < 4.78 is 2.09. The van der Waals surface area contributed by atoms with E-state index in [1.807, 2.05) is 0 Å². The Morgan fingerprint density at radius 3 is 2.50 bits per heavy atom. The Hall–Kier alpha value is -0.910. The fourth-order valence-electron chi connectivity index (χ4n) is 2.63. The lowest BCUT2D eigenvalue weighted by molar-refractivity contribution is 0.0995. The van der Waals surface area contributed by atoms with Crippen molar-refractivity contribution in [1.82, 2.24) is 19.6 Å². The molecule has 2 unspecified atom stereocenters. The molecule has 2 atom stereocenters. The van der Waals surface area contributed by atoms with Gasteiger partial charge in [0.05, 0.1) is 5.69 Å². The highest BCUT2D eigenvalue weighted by Gasteiger charge is 2.20. The number of hydrogen-bond acceptors (Lipinski definition) is 4. The van der Waals surface area contributed by atoms with Crippen LogP contribution in [0.4, 0.5) is 0 Å². The predicted molar refractivity (Wildman–Crippen MR) is 82.6 cm³/mol. The largest absolute Gasteiger partial charge is 0.329 e. The molecule has 0 bridgehead atoms. The van der Waals surface area contributed by atoms with Gasteiger partial charge in [-0.05, 0) is 26.3 Å². The predicted octanol–water partition coefficient (Wildman–Crippen LogP) is 1.32. The van der Waals surface area contributed by atoms with Crippen molar-refractivity contribution in [2.24, 2.45) is 5.73 Å². The molecule has 5 heteroatoms. The highest BCUT2D eigenvalue weighted by Crippen LogP contribution is 2.12. The molecular weight excluding hydrogens is 250 g/mol. The molecule has 0 saturated carbocycles. The summed E-state index contributed by atoms with van der Waals surface area (Å²) in [7, 11) is 0. The van der Waals surface area contributed by atoms with Crippen LogP contribution in [0.2, 0.25) is 0 Å². The van der Waals surface area contributed by atoms with Crippen LogP contribution >= 0.6 is 0 Å². The van der Waals surface area contributed by atoms with E-state index in [1.165, 1.54) is 5.69 Å². The van der Waals surface area contributed by atoms with Gasteiger partial charge in [0.25, 0.3) is 0 Å². The number of piperazine rings is 1. The SMILES string of the molecule is CCC(C)n1ccc(CN2CCN(C(C)CN)CC2)n1. The van der Waals surface area contributed by atoms with Crippen LogP contribution in [0, 0.1) is 0 Å². The van der Waals surface area contributed by atoms with Gasteiger partial charge in [-0.2, -0.15) is 5.10 Å². The van der Waals surface area contributed by atoms with Gasteiger partial charge >= 0.3 is 0 Å². The molecule has 0 aliphatic carbocycles. The zero-order chi connectivity index (χ0) is 14.5. The lowest BCUT2D eigenvalue weighted by Crippen LogP contribution is -2.51. The van der Waals surface area contributed by atoms with E-state index in [1.54, 1.807) is 0 Å². The van der Waals surface area contributed by atoms with E-state index >= 15 is 0 Å². The second-order valence-corrected chi connectivity index (χ2v) is 5.94. The Labute approximate surface area is 122 Å². The van der Waals surface area contributed by atoms with Crippen molar-refractivity contribution in [2.75, 3.05) is 32.7 Å². The van der Waals surface area contributed by atoms with Gasteiger partial charge in [-0.25, -0.2) is 0 Å². The van der Waals surface area contributed by atoms with Crippen LogP contribution in [-0.2, 0) is 6.54 Å². The molecular formula is C15H29N5. The van der Waals surface area contributed by atoms with Gasteiger partial charge in [0.1, 0.15) is 0 Å². The highest BCUT2D eigenvalue weighted by molar-refractivity contribution is 5.00. The molecule has 5 nitrogen and oxygen atoms in total. The Morgan fingerprint density at radius 2 is 1.90 bits per heavy atom. The fraction of sp³-hybridized carbons (Fsp3) is 0.800. The highest BCUT2D eigenvalue weighted by atomic mass is 15.3. The van der Waals surface area contributed by atoms with Crippen LogP contribution in [-0.4, -0.2) is 58.3 Å². The molecule has 0 spiro atoms. The van der Waals surface area contributed by atoms with Gasteiger partial charge in [-0.1, -0.05) is 6.92 Å². The van der Waals surface area contributed by atoms with E-state index in [0.717, 1.165) is 45.7 Å². The second-order valence-electron chi connectivity index (χ2n) is 5.94. The summed E-state index contributed by atoms with van der Waals surface area (Å²) in [6.07, 6.45) is 3.23. The monoisotopic (exact) mass is 279 g/mol. The lowest BCUT2D eigenvalue weighted by atomic mass is 10.2. The van der Waals surface area contributed by atoms with Crippen LogP contribution in [0.1, 0.15) is 38.9 Å². The number of hydrogen-bond donors (Lipinski definition) is 1. The van der Waals surface area contributed by atoms with Crippen LogP contribution in [0.25, 0.3) is 0 Å². The Balaban J connectivity index is 1.82. The van der Waals surface area contributed by atoms with Gasteiger partial charge in [0, 0.05) is 57.5 Å². The van der Waals surface area contributed by atoms with E-state index < -0.39 is 0 Å². The minimum absolute atomic E-state index is 0.492. The van der Waals surface area contributed by atoms with E-state index in [2.05, 4.69) is 52.6 Å². The van der Waals surface area contributed by atoms with Crippen molar-refractivity contribution in [3.05, 3.63) is 18.0 Å². The van der Waals surface area contributed by atoms with E-state index in [9.17, 15) is 0 Å². The molecule has 2 rings (SSSR count). The van der Waals surface area contributed by atoms with Crippen molar-refractivity contribution in [3.63, 3.8) is 0 Å². The van der Waals surface area contributed by atoms with Crippen molar-refractivity contribution in [1.29, 1.82) is 0 Å². The van der Waals surface area contributed by atoms with Gasteiger partial charge in [-0.3, -0.25) is 14.5 Å². The van der Waals surface area contributed by atoms with E-state index in [4.69, 9.17) is 5.73 Å². The topological polar surface area (TPSA) is 50.3 Å². The maximum absolute atomic E-state index is 5.74. The molecule has 114 valence electrons. The van der Waals surface area contributed by atoms with Crippen LogP contribution in [0.5, 0.6) is 0 Å². The molecule has 1 aromatic rings. The van der Waals surface area contributed by atoms with Gasteiger partial charge in [-0.15, -0.1) is 0 Å². The number of aromatic nitrogens is 2. The second kappa shape index (κ2) is 7.20. The zero-order valence-electron chi connectivity index (χ0n) is 13.1. The molecule has 1 saturated heterocycles. The molecule has 1 aliphatic rings. The van der Waals surface area contributed by atoms with Gasteiger partial charge < -0.3 is 5.73 Å². The third-order valence-corrected chi connectivity index (χ3v) is 4.46. The molecule has 20 heavy (non-hydrogen) atoms. The molecule has 1 fully saturated rings. The Kier molecular flexibility index (Phi) is 5.57. The third kappa shape index (κ3) is 3.81. The summed E-state index contributed by atoms with van der Waals surface area (Å²) in [4.78, 5) is 4.97.